The first-order valence-corrected chi connectivity index (χ1v) is 10.8. The predicted octanol–water partition coefficient (Wildman–Crippen LogP) is 2.87. The van der Waals surface area contributed by atoms with Gasteiger partial charge in [-0.2, -0.15) is 0 Å². The SMILES string of the molecule is CC1C(C(=O)NC2CCCCN(CC3CC3)C2)NNC1c1ccc(Cl)cc1. The molecule has 1 aromatic rings. The van der Waals surface area contributed by atoms with Crippen LogP contribution in [0, 0.1) is 11.8 Å². The van der Waals surface area contributed by atoms with E-state index in [0.29, 0.717) is 0 Å². The van der Waals surface area contributed by atoms with Gasteiger partial charge in [0, 0.05) is 30.1 Å². The Hall–Kier alpha value is -1.14. The molecule has 1 aromatic carbocycles. The number of nitrogens with one attached hydrogen (secondary N) is 3. The smallest absolute Gasteiger partial charge is 0.239 e. The molecule has 2 aliphatic heterocycles. The largest absolute Gasteiger partial charge is 0.351 e. The molecule has 2 saturated heterocycles. The Morgan fingerprint density at radius 1 is 1.19 bits per heavy atom. The van der Waals surface area contributed by atoms with Crippen LogP contribution in [0.2, 0.25) is 5.02 Å². The Kier molecular flexibility index (Phi) is 6.02. The highest BCUT2D eigenvalue weighted by Gasteiger charge is 2.38. The van der Waals surface area contributed by atoms with Crippen molar-refractivity contribution in [3.8, 4) is 0 Å². The van der Waals surface area contributed by atoms with Crippen LogP contribution < -0.4 is 16.2 Å². The molecule has 2 heterocycles. The molecule has 5 nitrogen and oxygen atoms in total. The summed E-state index contributed by atoms with van der Waals surface area (Å²) in [5.74, 6) is 1.18. The molecule has 148 valence electrons. The van der Waals surface area contributed by atoms with E-state index in [-0.39, 0.29) is 30.0 Å². The van der Waals surface area contributed by atoms with Gasteiger partial charge in [0.15, 0.2) is 0 Å². The standard InChI is InChI=1S/C21H31ClN4O/c1-14-19(16-7-9-17(22)10-8-16)24-25-20(14)21(27)23-18-4-2-3-11-26(13-18)12-15-5-6-15/h7-10,14-15,18-20,24-25H,2-6,11-13H2,1H3,(H,23,27). The van der Waals surface area contributed by atoms with E-state index >= 15 is 0 Å². The highest BCUT2D eigenvalue weighted by atomic mass is 35.5. The van der Waals surface area contributed by atoms with Gasteiger partial charge >= 0.3 is 0 Å². The van der Waals surface area contributed by atoms with Crippen molar-refractivity contribution in [2.45, 2.75) is 57.2 Å². The number of halogens is 1. The van der Waals surface area contributed by atoms with E-state index in [0.717, 1.165) is 29.5 Å². The van der Waals surface area contributed by atoms with E-state index in [9.17, 15) is 4.79 Å². The molecule has 4 rings (SSSR count). The van der Waals surface area contributed by atoms with Crippen molar-refractivity contribution >= 4 is 17.5 Å². The summed E-state index contributed by atoms with van der Waals surface area (Å²) >= 11 is 6.00. The fourth-order valence-corrected chi connectivity index (χ4v) is 4.58. The Balaban J connectivity index is 1.34. The van der Waals surface area contributed by atoms with E-state index in [2.05, 4.69) is 28.0 Å². The Morgan fingerprint density at radius 2 is 1.96 bits per heavy atom. The van der Waals surface area contributed by atoms with Crippen molar-refractivity contribution in [1.29, 1.82) is 0 Å². The van der Waals surface area contributed by atoms with Crippen molar-refractivity contribution in [3.05, 3.63) is 34.9 Å². The number of benzene rings is 1. The van der Waals surface area contributed by atoms with Gasteiger partial charge in [-0.25, -0.2) is 10.9 Å². The number of likely N-dealkylation sites (tertiary alicyclic amines) is 1. The first kappa shape index (κ1) is 19.2. The average molecular weight is 391 g/mol. The van der Waals surface area contributed by atoms with Crippen molar-refractivity contribution in [2.75, 3.05) is 19.6 Å². The van der Waals surface area contributed by atoms with E-state index < -0.39 is 0 Å². The lowest BCUT2D eigenvalue weighted by atomic mass is 9.90. The first-order valence-electron chi connectivity index (χ1n) is 10.4. The highest BCUT2D eigenvalue weighted by molar-refractivity contribution is 6.30. The molecule has 4 unspecified atom stereocenters. The number of hydrogen-bond donors (Lipinski definition) is 3. The molecule has 1 saturated carbocycles. The summed E-state index contributed by atoms with van der Waals surface area (Å²) in [6, 6.07) is 8.02. The molecule has 3 aliphatic rings. The van der Waals surface area contributed by atoms with Crippen LogP contribution in [0.1, 0.15) is 50.6 Å². The molecule has 4 atom stereocenters. The van der Waals surface area contributed by atoms with Gasteiger partial charge in [0.25, 0.3) is 0 Å². The van der Waals surface area contributed by atoms with Gasteiger partial charge in [-0.1, -0.05) is 37.1 Å². The van der Waals surface area contributed by atoms with Crippen LogP contribution in [0.5, 0.6) is 0 Å². The molecule has 0 aromatic heterocycles. The van der Waals surface area contributed by atoms with Gasteiger partial charge in [-0.3, -0.25) is 4.79 Å². The summed E-state index contributed by atoms with van der Waals surface area (Å²) in [5.41, 5.74) is 7.67. The normalized spacial score (nSPS) is 32.2. The molecule has 3 fully saturated rings. The molecular weight excluding hydrogens is 360 g/mol. The van der Waals surface area contributed by atoms with Crippen LogP contribution in [0.3, 0.4) is 0 Å². The van der Waals surface area contributed by atoms with E-state index in [1.54, 1.807) is 0 Å². The number of carbonyl (C=O) groups is 1. The molecular formula is C21H31ClN4O. The molecule has 0 radical (unpaired) electrons. The summed E-state index contributed by atoms with van der Waals surface area (Å²) < 4.78 is 0. The van der Waals surface area contributed by atoms with Gasteiger partial charge in [-0.05, 0) is 55.8 Å². The fourth-order valence-electron chi connectivity index (χ4n) is 4.46. The minimum atomic E-state index is -0.217. The number of hydrazine groups is 1. The molecule has 3 N–H and O–H groups in total. The summed E-state index contributed by atoms with van der Waals surface area (Å²) in [5, 5.41) is 4.06. The van der Waals surface area contributed by atoms with Gasteiger partial charge in [0.1, 0.15) is 6.04 Å². The number of nitrogens with zero attached hydrogens (tertiary/aromatic N) is 1. The molecule has 0 bridgehead atoms. The lowest BCUT2D eigenvalue weighted by Gasteiger charge is -2.26. The molecule has 6 heteroatoms. The van der Waals surface area contributed by atoms with Crippen LogP contribution in [0.4, 0.5) is 0 Å². The average Bonchev–Trinajstić information content (AvgIpc) is 3.42. The van der Waals surface area contributed by atoms with Crippen LogP contribution in [0.15, 0.2) is 24.3 Å². The minimum Gasteiger partial charge on any atom is -0.351 e. The molecule has 1 amide bonds. The summed E-state index contributed by atoms with van der Waals surface area (Å²) in [6.07, 6.45) is 6.30. The third-order valence-corrected chi connectivity index (χ3v) is 6.52. The van der Waals surface area contributed by atoms with Crippen molar-refractivity contribution in [1.82, 2.24) is 21.1 Å². The Morgan fingerprint density at radius 3 is 2.70 bits per heavy atom. The molecule has 27 heavy (non-hydrogen) atoms. The maximum absolute atomic E-state index is 13.0. The number of rotatable bonds is 5. The summed E-state index contributed by atoms with van der Waals surface area (Å²) in [7, 11) is 0. The van der Waals surface area contributed by atoms with Gasteiger partial charge in [-0.15, -0.1) is 0 Å². The maximum Gasteiger partial charge on any atom is 0.239 e. The minimum absolute atomic E-state index is 0.110. The molecule has 0 spiro atoms. The van der Waals surface area contributed by atoms with E-state index in [1.165, 1.54) is 38.8 Å². The van der Waals surface area contributed by atoms with Gasteiger partial charge in [0.2, 0.25) is 5.91 Å². The third-order valence-electron chi connectivity index (χ3n) is 6.27. The van der Waals surface area contributed by atoms with Gasteiger partial charge in [0.05, 0.1) is 6.04 Å². The number of amides is 1. The monoisotopic (exact) mass is 390 g/mol. The predicted molar refractivity (Wildman–Crippen MR) is 108 cm³/mol. The lowest BCUT2D eigenvalue weighted by molar-refractivity contribution is -0.124. The quantitative estimate of drug-likeness (QED) is 0.723. The Bertz CT molecular complexity index is 648. The third kappa shape index (κ3) is 4.83. The number of carbonyl (C=O) groups excluding carboxylic acids is 1. The highest BCUT2D eigenvalue weighted by Crippen LogP contribution is 2.31. The van der Waals surface area contributed by atoms with Crippen LogP contribution in [-0.2, 0) is 4.79 Å². The second-order valence-electron chi connectivity index (χ2n) is 8.56. The van der Waals surface area contributed by atoms with Crippen LogP contribution >= 0.6 is 11.6 Å². The molecule has 1 aliphatic carbocycles. The first-order chi connectivity index (χ1) is 13.1. The van der Waals surface area contributed by atoms with Crippen molar-refractivity contribution in [3.63, 3.8) is 0 Å². The Labute approximate surface area is 167 Å². The fraction of sp³-hybridized carbons (Fsp3) is 0.667. The van der Waals surface area contributed by atoms with E-state index in [1.807, 2.05) is 24.3 Å². The zero-order chi connectivity index (χ0) is 18.8. The number of hydrogen-bond acceptors (Lipinski definition) is 4. The maximum atomic E-state index is 13.0. The van der Waals surface area contributed by atoms with Crippen molar-refractivity contribution < 1.29 is 4.79 Å². The zero-order valence-corrected chi connectivity index (χ0v) is 16.8. The van der Waals surface area contributed by atoms with Crippen LogP contribution in [0.25, 0.3) is 0 Å². The second kappa shape index (κ2) is 8.48. The zero-order valence-electron chi connectivity index (χ0n) is 16.1. The van der Waals surface area contributed by atoms with Crippen LogP contribution in [-0.4, -0.2) is 42.5 Å². The van der Waals surface area contributed by atoms with Crippen molar-refractivity contribution in [2.24, 2.45) is 11.8 Å². The summed E-state index contributed by atoms with van der Waals surface area (Å²) in [4.78, 5) is 15.5. The second-order valence-corrected chi connectivity index (χ2v) is 9.00. The lowest BCUT2D eigenvalue weighted by Crippen LogP contribution is -2.51. The van der Waals surface area contributed by atoms with Gasteiger partial charge < -0.3 is 10.2 Å². The topological polar surface area (TPSA) is 56.4 Å². The van der Waals surface area contributed by atoms with E-state index in [4.69, 9.17) is 11.6 Å². The summed E-state index contributed by atoms with van der Waals surface area (Å²) in [6.45, 7) is 5.52.